The average molecular weight is 510 g/mol. The van der Waals surface area contributed by atoms with Gasteiger partial charge in [-0.1, -0.05) is 72.8 Å². The average Bonchev–Trinajstić information content (AvgIpc) is 3.29. The highest BCUT2D eigenvalue weighted by Crippen LogP contribution is 2.19. The maximum Gasteiger partial charge on any atom is 0.332 e. The van der Waals surface area contributed by atoms with Gasteiger partial charge in [-0.15, -0.1) is 0 Å². The minimum Gasteiger partial charge on any atom is -0.298 e. The van der Waals surface area contributed by atoms with Crippen molar-refractivity contribution in [1.29, 1.82) is 0 Å². The fourth-order valence-corrected chi connectivity index (χ4v) is 4.17. The molecule has 1 N–H and O–H groups in total. The normalized spacial score (nSPS) is 11.3. The number of imidazole rings is 1. The molecule has 0 atom stereocenters. The van der Waals surface area contributed by atoms with Gasteiger partial charge >= 0.3 is 5.69 Å². The third-order valence-electron chi connectivity index (χ3n) is 6.06. The number of hydrogen-bond acceptors (Lipinski definition) is 7. The number of nitrogens with one attached hydrogen (secondary N) is 1. The van der Waals surface area contributed by atoms with E-state index in [1.54, 1.807) is 23.7 Å². The number of benzene rings is 3. The molecule has 38 heavy (non-hydrogen) atoms. The quantitative estimate of drug-likeness (QED) is 0.194. The Morgan fingerprint density at radius 2 is 1.55 bits per heavy atom. The molecule has 11 heteroatoms. The third kappa shape index (κ3) is 4.85. The Morgan fingerprint density at radius 3 is 2.18 bits per heavy atom. The van der Waals surface area contributed by atoms with Gasteiger partial charge in [0.05, 0.1) is 24.2 Å². The predicted molar refractivity (Wildman–Crippen MR) is 145 cm³/mol. The van der Waals surface area contributed by atoms with Gasteiger partial charge in [-0.05, 0) is 11.1 Å². The first kappa shape index (κ1) is 24.4. The van der Waals surface area contributed by atoms with Crippen molar-refractivity contribution in [3.8, 4) is 0 Å². The Morgan fingerprint density at radius 1 is 0.921 bits per heavy atom. The summed E-state index contributed by atoms with van der Waals surface area (Å²) in [6, 6.07) is 24.8. The lowest BCUT2D eigenvalue weighted by Gasteiger charge is -2.11. The Balaban J connectivity index is 1.61. The molecule has 11 nitrogen and oxygen atoms in total. The highest BCUT2D eigenvalue weighted by Gasteiger charge is 2.20. The molecule has 0 amide bonds. The Labute approximate surface area is 216 Å². The largest absolute Gasteiger partial charge is 0.332 e. The van der Waals surface area contributed by atoms with E-state index in [1.165, 1.54) is 27.5 Å². The second-order valence-electron chi connectivity index (χ2n) is 8.62. The van der Waals surface area contributed by atoms with Crippen molar-refractivity contribution in [2.75, 3.05) is 5.43 Å². The lowest BCUT2D eigenvalue weighted by molar-refractivity contribution is -0.384. The molecule has 0 aliphatic rings. The number of nitrogens with zero attached hydrogens (tertiary/aromatic N) is 6. The van der Waals surface area contributed by atoms with Crippen molar-refractivity contribution in [3.05, 3.63) is 133 Å². The minimum absolute atomic E-state index is 0.0563. The minimum atomic E-state index is -0.484. The molecule has 3 aromatic carbocycles. The zero-order valence-electron chi connectivity index (χ0n) is 20.4. The van der Waals surface area contributed by atoms with Gasteiger partial charge in [0.1, 0.15) is 0 Å². The third-order valence-corrected chi connectivity index (χ3v) is 6.06. The summed E-state index contributed by atoms with van der Waals surface area (Å²) in [5, 5.41) is 15.3. The van der Waals surface area contributed by atoms with Crippen LogP contribution in [0.2, 0.25) is 0 Å². The molecule has 5 rings (SSSR count). The molecule has 0 radical (unpaired) electrons. The summed E-state index contributed by atoms with van der Waals surface area (Å²) in [6.07, 6.45) is 1.42. The molecule has 2 heterocycles. The monoisotopic (exact) mass is 509 g/mol. The maximum atomic E-state index is 13.7. The van der Waals surface area contributed by atoms with Crippen molar-refractivity contribution < 1.29 is 4.92 Å². The summed E-state index contributed by atoms with van der Waals surface area (Å²) in [6.45, 7) is 0.414. The summed E-state index contributed by atoms with van der Waals surface area (Å²) >= 11 is 0. The van der Waals surface area contributed by atoms with E-state index in [1.807, 2.05) is 60.7 Å². The number of aryl methyl sites for hydroxylation is 1. The first-order chi connectivity index (χ1) is 18.4. The van der Waals surface area contributed by atoms with Crippen LogP contribution in [0, 0.1) is 10.1 Å². The zero-order chi connectivity index (χ0) is 26.6. The number of hydrogen-bond donors (Lipinski definition) is 1. The van der Waals surface area contributed by atoms with Gasteiger partial charge in [-0.3, -0.25) is 28.6 Å². The fourth-order valence-electron chi connectivity index (χ4n) is 4.17. The van der Waals surface area contributed by atoms with Crippen LogP contribution in [0.1, 0.15) is 16.7 Å². The number of fused-ring (bicyclic) bond motifs is 1. The van der Waals surface area contributed by atoms with Crippen LogP contribution in [0.3, 0.4) is 0 Å². The second kappa shape index (κ2) is 10.3. The molecule has 190 valence electrons. The molecule has 0 aliphatic carbocycles. The molecule has 0 spiro atoms. The van der Waals surface area contributed by atoms with E-state index < -0.39 is 16.2 Å². The molecule has 0 aliphatic heterocycles. The molecular weight excluding hydrogens is 486 g/mol. The number of aromatic nitrogens is 4. The number of non-ortho nitro benzene ring substituents is 1. The van der Waals surface area contributed by atoms with Crippen molar-refractivity contribution >= 4 is 29.0 Å². The first-order valence-corrected chi connectivity index (χ1v) is 11.7. The number of rotatable bonds is 8. The van der Waals surface area contributed by atoms with Gasteiger partial charge in [0.25, 0.3) is 11.2 Å². The van der Waals surface area contributed by atoms with Crippen molar-refractivity contribution in [1.82, 2.24) is 18.7 Å². The van der Waals surface area contributed by atoms with Gasteiger partial charge < -0.3 is 0 Å². The molecule has 0 fully saturated rings. The van der Waals surface area contributed by atoms with Crippen LogP contribution in [0.4, 0.5) is 11.6 Å². The van der Waals surface area contributed by atoms with Crippen LogP contribution in [0.5, 0.6) is 0 Å². The Hall–Kier alpha value is -5.32. The zero-order valence-corrected chi connectivity index (χ0v) is 20.4. The van der Waals surface area contributed by atoms with E-state index in [2.05, 4.69) is 15.5 Å². The molecule has 0 saturated carbocycles. The first-order valence-electron chi connectivity index (χ1n) is 11.7. The Kier molecular flexibility index (Phi) is 6.64. The molecule has 0 unspecified atom stereocenters. The van der Waals surface area contributed by atoms with Crippen LogP contribution >= 0.6 is 0 Å². The molecule has 5 aromatic rings. The SMILES string of the molecule is Cn1c(=O)n(Cc2ccccc2)c(=O)c2c1nc(N/N=C/c1cccc([N+](=O)[O-])c1)n2Cc1ccccc1. The summed E-state index contributed by atoms with van der Waals surface area (Å²) in [5.41, 5.74) is 4.56. The van der Waals surface area contributed by atoms with Gasteiger partial charge in [0.2, 0.25) is 5.95 Å². The number of anilines is 1. The van der Waals surface area contributed by atoms with E-state index in [9.17, 15) is 19.7 Å². The summed E-state index contributed by atoms with van der Waals surface area (Å²) in [5.74, 6) is 0.245. The Bertz CT molecular complexity index is 1770. The summed E-state index contributed by atoms with van der Waals surface area (Å²) in [7, 11) is 1.57. The highest BCUT2D eigenvalue weighted by molar-refractivity contribution is 5.81. The van der Waals surface area contributed by atoms with Gasteiger partial charge in [0, 0.05) is 24.7 Å². The standard InChI is InChI=1S/C27H23N7O4/c1-31-24-23(25(35)33(27(31)36)18-20-11-6-3-7-12-20)32(17-19-9-4-2-5-10-19)26(29-24)30-28-16-21-13-8-14-22(15-21)34(37)38/h2-16H,17-18H2,1H3,(H,29,30)/b28-16+. The molecule has 0 bridgehead atoms. The second-order valence-corrected chi connectivity index (χ2v) is 8.62. The molecule has 0 saturated heterocycles. The van der Waals surface area contributed by atoms with E-state index in [0.29, 0.717) is 12.1 Å². The van der Waals surface area contributed by atoms with Crippen LogP contribution in [-0.2, 0) is 20.1 Å². The fraction of sp³-hybridized carbons (Fsp3) is 0.111. The lowest BCUT2D eigenvalue weighted by Crippen LogP contribution is -2.40. The highest BCUT2D eigenvalue weighted by atomic mass is 16.6. The smallest absolute Gasteiger partial charge is 0.298 e. The van der Waals surface area contributed by atoms with Gasteiger partial charge in [-0.25, -0.2) is 10.2 Å². The lowest BCUT2D eigenvalue weighted by atomic mass is 10.2. The summed E-state index contributed by atoms with van der Waals surface area (Å²) < 4.78 is 4.21. The molecule has 2 aromatic heterocycles. The van der Waals surface area contributed by atoms with Crippen LogP contribution in [0.25, 0.3) is 11.2 Å². The number of hydrazone groups is 1. The summed E-state index contributed by atoms with van der Waals surface area (Å²) in [4.78, 5) is 42.0. The van der Waals surface area contributed by atoms with Gasteiger partial charge in [-0.2, -0.15) is 10.1 Å². The predicted octanol–water partition coefficient (Wildman–Crippen LogP) is 3.35. The molecular formula is C27H23N7O4. The van der Waals surface area contributed by atoms with Crippen molar-refractivity contribution in [2.45, 2.75) is 13.1 Å². The van der Waals surface area contributed by atoms with Crippen LogP contribution in [0.15, 0.2) is 99.6 Å². The number of nitro groups is 1. The van der Waals surface area contributed by atoms with Crippen molar-refractivity contribution in [2.24, 2.45) is 12.1 Å². The van der Waals surface area contributed by atoms with E-state index in [0.717, 1.165) is 11.1 Å². The van der Waals surface area contributed by atoms with Crippen LogP contribution in [-0.4, -0.2) is 29.8 Å². The van der Waals surface area contributed by atoms with E-state index >= 15 is 0 Å². The topological polar surface area (TPSA) is 129 Å². The van der Waals surface area contributed by atoms with Gasteiger partial charge in [0.15, 0.2) is 11.2 Å². The van der Waals surface area contributed by atoms with Crippen molar-refractivity contribution in [3.63, 3.8) is 0 Å². The maximum absolute atomic E-state index is 13.7. The van der Waals surface area contributed by atoms with E-state index in [-0.39, 0.29) is 29.3 Å². The van der Waals surface area contributed by atoms with Crippen LogP contribution < -0.4 is 16.7 Å². The van der Waals surface area contributed by atoms with E-state index in [4.69, 9.17) is 0 Å². The number of nitro benzene ring substituents is 1.